The van der Waals surface area contributed by atoms with E-state index >= 15 is 0 Å². The Hall–Kier alpha value is -2.70. The molecule has 0 spiro atoms. The van der Waals surface area contributed by atoms with Crippen LogP contribution in [0, 0.1) is 0 Å². The molecule has 0 amide bonds. The van der Waals surface area contributed by atoms with Crippen molar-refractivity contribution in [1.82, 2.24) is 10.1 Å². The lowest BCUT2D eigenvalue weighted by Gasteiger charge is -2.00. The van der Waals surface area contributed by atoms with Crippen LogP contribution < -0.4 is 0 Å². The predicted octanol–water partition coefficient (Wildman–Crippen LogP) is 5.28. The Morgan fingerprint density at radius 3 is 2.78 bits per heavy atom. The average molecular weight is 399 g/mol. The maximum Gasteiger partial charge on any atom is 0.306 e. The monoisotopic (exact) mass is 398 g/mol. The molecule has 2 aromatic carbocycles. The van der Waals surface area contributed by atoms with Crippen molar-refractivity contribution in [2.45, 2.75) is 19.4 Å². The van der Waals surface area contributed by atoms with Gasteiger partial charge in [0.15, 0.2) is 12.4 Å². The maximum atomic E-state index is 12.0. The number of ether oxygens (including phenoxy) is 1. The lowest BCUT2D eigenvalue weighted by Crippen LogP contribution is -2.05. The molecule has 0 atom stereocenters. The number of thiazole rings is 1. The van der Waals surface area contributed by atoms with E-state index in [1.165, 1.54) is 0 Å². The summed E-state index contributed by atoms with van der Waals surface area (Å²) in [7, 11) is 0. The molecule has 0 aliphatic carbocycles. The number of rotatable bonds is 6. The number of esters is 1. The number of benzene rings is 2. The largest absolute Gasteiger partial charge is 0.457 e. The SMILES string of the molecule is O=C(CCc1nc2ccccc2s1)OCc1cc(-c2ccc(Cl)cc2)no1. The highest BCUT2D eigenvalue weighted by Gasteiger charge is 2.11. The summed E-state index contributed by atoms with van der Waals surface area (Å²) in [4.78, 5) is 16.5. The zero-order chi connectivity index (χ0) is 18.6. The number of hydrogen-bond donors (Lipinski definition) is 0. The molecule has 27 heavy (non-hydrogen) atoms. The Balaban J connectivity index is 1.29. The topological polar surface area (TPSA) is 65.2 Å². The summed E-state index contributed by atoms with van der Waals surface area (Å²) in [5.74, 6) is 0.201. The third-order valence-corrected chi connectivity index (χ3v) is 5.30. The van der Waals surface area contributed by atoms with Gasteiger partial charge in [-0.2, -0.15) is 0 Å². The van der Waals surface area contributed by atoms with E-state index in [2.05, 4.69) is 10.1 Å². The molecule has 136 valence electrons. The van der Waals surface area contributed by atoms with Crippen LogP contribution in [-0.2, 0) is 22.6 Å². The van der Waals surface area contributed by atoms with Gasteiger partial charge in [0.1, 0.15) is 5.69 Å². The zero-order valence-corrected chi connectivity index (χ0v) is 15.8. The molecular weight excluding hydrogens is 384 g/mol. The Kier molecular flexibility index (Phi) is 5.18. The van der Waals surface area contributed by atoms with Crippen molar-refractivity contribution in [2.75, 3.05) is 0 Å². The van der Waals surface area contributed by atoms with Gasteiger partial charge in [0.25, 0.3) is 0 Å². The Labute approximate surface area is 164 Å². The second kappa shape index (κ2) is 7.90. The van der Waals surface area contributed by atoms with E-state index in [9.17, 15) is 4.79 Å². The van der Waals surface area contributed by atoms with Gasteiger partial charge < -0.3 is 9.26 Å². The van der Waals surface area contributed by atoms with Gasteiger partial charge in [-0.1, -0.05) is 41.0 Å². The Morgan fingerprint density at radius 1 is 1.15 bits per heavy atom. The van der Waals surface area contributed by atoms with Crippen molar-refractivity contribution < 1.29 is 14.1 Å². The molecule has 0 radical (unpaired) electrons. The fourth-order valence-electron chi connectivity index (χ4n) is 2.60. The van der Waals surface area contributed by atoms with Crippen molar-refractivity contribution in [3.05, 3.63) is 70.4 Å². The van der Waals surface area contributed by atoms with Crippen LogP contribution in [0.15, 0.2) is 59.1 Å². The van der Waals surface area contributed by atoms with E-state index < -0.39 is 0 Å². The van der Waals surface area contributed by atoms with Gasteiger partial charge in [-0.3, -0.25) is 4.79 Å². The number of aromatic nitrogens is 2. The zero-order valence-electron chi connectivity index (χ0n) is 14.2. The molecule has 0 bridgehead atoms. The van der Waals surface area contributed by atoms with Crippen LogP contribution in [0.3, 0.4) is 0 Å². The van der Waals surface area contributed by atoms with Gasteiger partial charge in [0.05, 0.1) is 21.6 Å². The minimum absolute atomic E-state index is 0.0548. The van der Waals surface area contributed by atoms with Crippen LogP contribution in [0.25, 0.3) is 21.5 Å². The van der Waals surface area contributed by atoms with Crippen molar-refractivity contribution >= 4 is 39.1 Å². The molecule has 0 aliphatic heterocycles. The van der Waals surface area contributed by atoms with Gasteiger partial charge in [0, 0.05) is 23.1 Å². The third-order valence-electron chi connectivity index (χ3n) is 3.96. The number of para-hydroxylation sites is 1. The fraction of sp³-hybridized carbons (Fsp3) is 0.150. The maximum absolute atomic E-state index is 12.0. The van der Waals surface area contributed by atoms with E-state index in [0.29, 0.717) is 22.9 Å². The van der Waals surface area contributed by atoms with Crippen LogP contribution in [0.2, 0.25) is 5.02 Å². The molecule has 0 unspecified atom stereocenters. The second-order valence-electron chi connectivity index (χ2n) is 5.92. The van der Waals surface area contributed by atoms with Gasteiger partial charge in [-0.05, 0) is 24.3 Å². The molecule has 2 aromatic heterocycles. The molecule has 2 heterocycles. The lowest BCUT2D eigenvalue weighted by atomic mass is 10.1. The summed E-state index contributed by atoms with van der Waals surface area (Å²) in [6.07, 6.45) is 0.836. The van der Waals surface area contributed by atoms with Crippen molar-refractivity contribution in [1.29, 1.82) is 0 Å². The molecule has 5 nitrogen and oxygen atoms in total. The fourth-order valence-corrected chi connectivity index (χ4v) is 3.69. The number of carbonyl (C=O) groups is 1. The summed E-state index contributed by atoms with van der Waals surface area (Å²) in [5, 5.41) is 5.58. The van der Waals surface area contributed by atoms with Crippen molar-refractivity contribution in [3.63, 3.8) is 0 Å². The average Bonchev–Trinajstić information content (AvgIpc) is 3.32. The molecule has 4 aromatic rings. The predicted molar refractivity (Wildman–Crippen MR) is 105 cm³/mol. The standard InChI is InChI=1S/C20H15ClN2O3S/c21-14-7-5-13(6-8-14)17-11-15(26-23-17)12-25-20(24)10-9-19-22-16-3-1-2-4-18(16)27-19/h1-8,11H,9-10,12H2. The molecule has 0 aliphatic rings. The van der Waals surface area contributed by atoms with Crippen LogP contribution in [0.1, 0.15) is 17.2 Å². The third kappa shape index (κ3) is 4.35. The highest BCUT2D eigenvalue weighted by atomic mass is 35.5. The summed E-state index contributed by atoms with van der Waals surface area (Å²) in [5.41, 5.74) is 2.52. The van der Waals surface area contributed by atoms with E-state index in [1.54, 1.807) is 29.5 Å². The number of fused-ring (bicyclic) bond motifs is 1. The minimum Gasteiger partial charge on any atom is -0.457 e. The Bertz CT molecular complexity index is 1040. The van der Waals surface area contributed by atoms with Crippen molar-refractivity contribution in [3.8, 4) is 11.3 Å². The number of halogens is 1. The van der Waals surface area contributed by atoms with E-state index in [1.807, 2.05) is 36.4 Å². The number of hydrogen-bond acceptors (Lipinski definition) is 6. The van der Waals surface area contributed by atoms with Crippen LogP contribution in [0.5, 0.6) is 0 Å². The van der Waals surface area contributed by atoms with E-state index in [0.717, 1.165) is 20.8 Å². The smallest absolute Gasteiger partial charge is 0.306 e. The first-order valence-corrected chi connectivity index (χ1v) is 9.58. The van der Waals surface area contributed by atoms with Gasteiger partial charge in [-0.15, -0.1) is 11.3 Å². The van der Waals surface area contributed by atoms with E-state index in [4.69, 9.17) is 20.9 Å². The van der Waals surface area contributed by atoms with Gasteiger partial charge in [-0.25, -0.2) is 4.98 Å². The first-order chi connectivity index (χ1) is 13.2. The summed E-state index contributed by atoms with van der Waals surface area (Å²) in [6.45, 7) is 0.0548. The molecule has 0 saturated carbocycles. The molecule has 7 heteroatoms. The highest BCUT2D eigenvalue weighted by Crippen LogP contribution is 2.23. The second-order valence-corrected chi connectivity index (χ2v) is 7.47. The minimum atomic E-state index is -0.293. The summed E-state index contributed by atoms with van der Waals surface area (Å²) >= 11 is 7.48. The Morgan fingerprint density at radius 2 is 1.96 bits per heavy atom. The quantitative estimate of drug-likeness (QED) is 0.413. The number of nitrogens with zero attached hydrogens (tertiary/aromatic N) is 2. The normalized spacial score (nSPS) is 11.0. The van der Waals surface area contributed by atoms with Crippen LogP contribution in [-0.4, -0.2) is 16.1 Å². The first-order valence-electron chi connectivity index (χ1n) is 8.39. The summed E-state index contributed by atoms with van der Waals surface area (Å²) < 4.78 is 11.6. The first kappa shape index (κ1) is 17.7. The number of aryl methyl sites for hydroxylation is 1. The molecule has 0 fully saturated rings. The molecule has 0 N–H and O–H groups in total. The highest BCUT2D eigenvalue weighted by molar-refractivity contribution is 7.18. The van der Waals surface area contributed by atoms with E-state index in [-0.39, 0.29) is 19.0 Å². The molecule has 0 saturated heterocycles. The van der Waals surface area contributed by atoms with Gasteiger partial charge >= 0.3 is 5.97 Å². The van der Waals surface area contributed by atoms with Crippen LogP contribution >= 0.6 is 22.9 Å². The molecular formula is C20H15ClN2O3S. The lowest BCUT2D eigenvalue weighted by molar-refractivity contribution is -0.145. The van der Waals surface area contributed by atoms with Crippen LogP contribution in [0.4, 0.5) is 0 Å². The van der Waals surface area contributed by atoms with Crippen molar-refractivity contribution in [2.24, 2.45) is 0 Å². The molecule has 4 rings (SSSR count). The summed E-state index contributed by atoms with van der Waals surface area (Å²) in [6, 6.07) is 17.0. The van der Waals surface area contributed by atoms with Gasteiger partial charge in [0.2, 0.25) is 0 Å². The number of carbonyl (C=O) groups excluding carboxylic acids is 1.